The second kappa shape index (κ2) is 51.4. The van der Waals surface area contributed by atoms with E-state index < -0.39 is 6.10 Å². The van der Waals surface area contributed by atoms with Crippen molar-refractivity contribution in [1.29, 1.82) is 0 Å². The van der Waals surface area contributed by atoms with Gasteiger partial charge in [-0.1, -0.05) is 226 Å². The second-order valence-corrected chi connectivity index (χ2v) is 16.6. The summed E-state index contributed by atoms with van der Waals surface area (Å²) in [6.45, 7) is 6.39. The molecule has 0 saturated carbocycles. The lowest BCUT2D eigenvalue weighted by atomic mass is 10.1. The van der Waals surface area contributed by atoms with Gasteiger partial charge in [-0.3, -0.25) is 14.4 Å². The van der Waals surface area contributed by atoms with E-state index in [1.165, 1.54) is 38.5 Å². The molecular weight excluding hydrogens is 793 g/mol. The first-order chi connectivity index (χ1) is 31.5. The van der Waals surface area contributed by atoms with Crippen LogP contribution in [0.15, 0.2) is 122 Å². The quantitative estimate of drug-likeness (QED) is 0.0199. The van der Waals surface area contributed by atoms with E-state index in [0.29, 0.717) is 12.8 Å². The number of hydrogen-bond acceptors (Lipinski definition) is 6. The molecule has 0 aromatic heterocycles. The predicted molar refractivity (Wildman–Crippen MR) is 274 cm³/mol. The zero-order valence-electron chi connectivity index (χ0n) is 41.0. The third-order valence-electron chi connectivity index (χ3n) is 10.4. The van der Waals surface area contributed by atoms with Crippen molar-refractivity contribution in [3.05, 3.63) is 122 Å². The maximum atomic E-state index is 12.8. The average molecular weight is 885 g/mol. The molecule has 6 heteroatoms. The van der Waals surface area contributed by atoms with Gasteiger partial charge in [0.1, 0.15) is 13.2 Å². The summed E-state index contributed by atoms with van der Waals surface area (Å²) in [4.78, 5) is 37.9. The maximum Gasteiger partial charge on any atom is 0.306 e. The van der Waals surface area contributed by atoms with E-state index in [-0.39, 0.29) is 37.5 Å². The number of carbonyl (C=O) groups is 3. The fourth-order valence-corrected chi connectivity index (χ4v) is 6.46. The van der Waals surface area contributed by atoms with Crippen molar-refractivity contribution in [3.8, 4) is 0 Å². The predicted octanol–water partition coefficient (Wildman–Crippen LogP) is 16.9. The fourth-order valence-electron chi connectivity index (χ4n) is 6.46. The van der Waals surface area contributed by atoms with Gasteiger partial charge in [0.05, 0.1) is 0 Å². The molecule has 0 aliphatic rings. The molecule has 0 aliphatic heterocycles. The zero-order valence-corrected chi connectivity index (χ0v) is 41.0. The van der Waals surface area contributed by atoms with Crippen LogP contribution in [0.4, 0.5) is 0 Å². The highest BCUT2D eigenvalue weighted by Gasteiger charge is 2.19. The van der Waals surface area contributed by atoms with Crippen LogP contribution < -0.4 is 0 Å². The number of allylic oxidation sites excluding steroid dienone is 20. The standard InChI is InChI=1S/C58H92O6/c1-4-7-10-13-16-19-22-24-26-28-30-32-34-36-39-42-45-48-51-57(60)63-54-55(53-62-56(59)50-47-44-41-38-21-18-15-12-9-6-3)64-58(61)52-49-46-43-40-37-35-33-31-29-27-25-23-20-17-14-11-8-5-2/h10,13,15-20,22-33,55H,4-9,11-12,14,21,34-54H2,1-3H3/b13-10-,18-15-,19-16-,20-17-,24-22-,25-23-,28-26-,29-27-,32-30-,33-31-. The molecule has 0 aromatic carbocycles. The minimum Gasteiger partial charge on any atom is -0.462 e. The SMILES string of the molecule is CCC\C=C/C=C\C=C/C=C\C=C/CCCCCCCC(=O)OCC(COC(=O)CCCCCC/C=C\CCCC)OC(=O)CCCCCCC\C=C/C=C\C=C/C=C\CCCCC. The molecule has 64 heavy (non-hydrogen) atoms. The Morgan fingerprint density at radius 2 is 0.625 bits per heavy atom. The Hall–Kier alpha value is -4.19. The molecule has 0 bridgehead atoms. The van der Waals surface area contributed by atoms with Crippen LogP contribution in [0.2, 0.25) is 0 Å². The molecule has 1 unspecified atom stereocenters. The van der Waals surface area contributed by atoms with Gasteiger partial charge >= 0.3 is 17.9 Å². The average Bonchev–Trinajstić information content (AvgIpc) is 3.29. The van der Waals surface area contributed by atoms with Crippen LogP contribution in [-0.2, 0) is 28.6 Å². The highest BCUT2D eigenvalue weighted by Crippen LogP contribution is 2.13. The van der Waals surface area contributed by atoms with Crippen LogP contribution in [0.1, 0.15) is 207 Å². The van der Waals surface area contributed by atoms with Crippen molar-refractivity contribution in [3.63, 3.8) is 0 Å². The molecule has 0 fully saturated rings. The van der Waals surface area contributed by atoms with Gasteiger partial charge in [0.25, 0.3) is 0 Å². The summed E-state index contributed by atoms with van der Waals surface area (Å²) in [5, 5.41) is 0. The fraction of sp³-hybridized carbons (Fsp3) is 0.603. The molecule has 0 rings (SSSR count). The lowest BCUT2D eigenvalue weighted by Crippen LogP contribution is -2.30. The van der Waals surface area contributed by atoms with Crippen molar-refractivity contribution in [2.75, 3.05) is 13.2 Å². The molecule has 360 valence electrons. The van der Waals surface area contributed by atoms with Crippen molar-refractivity contribution in [1.82, 2.24) is 0 Å². The van der Waals surface area contributed by atoms with Crippen molar-refractivity contribution in [2.45, 2.75) is 213 Å². The Balaban J connectivity index is 4.50. The van der Waals surface area contributed by atoms with Gasteiger partial charge < -0.3 is 14.2 Å². The third kappa shape index (κ3) is 48.8. The van der Waals surface area contributed by atoms with E-state index >= 15 is 0 Å². The summed E-state index contributed by atoms with van der Waals surface area (Å²) in [5.41, 5.74) is 0. The monoisotopic (exact) mass is 885 g/mol. The van der Waals surface area contributed by atoms with E-state index in [1.807, 2.05) is 36.5 Å². The van der Waals surface area contributed by atoms with Crippen molar-refractivity contribution >= 4 is 17.9 Å². The van der Waals surface area contributed by atoms with Crippen molar-refractivity contribution < 1.29 is 28.6 Å². The van der Waals surface area contributed by atoms with Crippen LogP contribution >= 0.6 is 0 Å². The molecule has 0 aliphatic carbocycles. The Kier molecular flexibility index (Phi) is 48.1. The Morgan fingerprint density at radius 1 is 0.312 bits per heavy atom. The summed E-state index contributed by atoms with van der Waals surface area (Å²) >= 11 is 0. The number of hydrogen-bond donors (Lipinski definition) is 0. The number of unbranched alkanes of at least 4 members (excludes halogenated alkanes) is 20. The van der Waals surface area contributed by atoms with E-state index in [9.17, 15) is 14.4 Å². The Bertz CT molecular complexity index is 1390. The third-order valence-corrected chi connectivity index (χ3v) is 10.4. The molecule has 0 aromatic rings. The lowest BCUT2D eigenvalue weighted by molar-refractivity contribution is -0.167. The van der Waals surface area contributed by atoms with E-state index in [2.05, 4.69) is 106 Å². The van der Waals surface area contributed by atoms with Crippen LogP contribution in [0.25, 0.3) is 0 Å². The first-order valence-corrected chi connectivity index (χ1v) is 25.7. The van der Waals surface area contributed by atoms with E-state index in [0.717, 1.165) is 128 Å². The first kappa shape index (κ1) is 59.8. The second-order valence-electron chi connectivity index (χ2n) is 16.6. The minimum absolute atomic E-state index is 0.106. The highest BCUT2D eigenvalue weighted by atomic mass is 16.6. The summed E-state index contributed by atoms with van der Waals surface area (Å²) in [6, 6.07) is 0. The Labute approximate surface area is 392 Å². The number of ether oxygens (including phenoxy) is 3. The summed E-state index contributed by atoms with van der Waals surface area (Å²) in [5.74, 6) is -0.976. The number of esters is 3. The largest absolute Gasteiger partial charge is 0.462 e. The van der Waals surface area contributed by atoms with E-state index in [1.54, 1.807) is 0 Å². The van der Waals surface area contributed by atoms with Gasteiger partial charge in [0, 0.05) is 19.3 Å². The van der Waals surface area contributed by atoms with Gasteiger partial charge in [-0.05, 0) is 83.5 Å². The first-order valence-electron chi connectivity index (χ1n) is 25.7. The summed E-state index contributed by atoms with van der Waals surface area (Å²) in [6.07, 6.45) is 70.3. The van der Waals surface area contributed by atoms with Gasteiger partial charge in [0.15, 0.2) is 6.10 Å². The van der Waals surface area contributed by atoms with E-state index in [4.69, 9.17) is 14.2 Å². The molecule has 1 atom stereocenters. The van der Waals surface area contributed by atoms with Crippen molar-refractivity contribution in [2.24, 2.45) is 0 Å². The highest BCUT2D eigenvalue weighted by molar-refractivity contribution is 5.71. The van der Waals surface area contributed by atoms with Gasteiger partial charge in [-0.15, -0.1) is 0 Å². The smallest absolute Gasteiger partial charge is 0.306 e. The van der Waals surface area contributed by atoms with Crippen LogP contribution in [0, 0.1) is 0 Å². The molecule has 0 N–H and O–H groups in total. The zero-order chi connectivity index (χ0) is 46.5. The molecule has 0 amide bonds. The molecular formula is C58H92O6. The van der Waals surface area contributed by atoms with Gasteiger partial charge in [-0.25, -0.2) is 0 Å². The molecule has 0 saturated heterocycles. The molecule has 0 spiro atoms. The van der Waals surface area contributed by atoms with Crippen LogP contribution in [0.5, 0.6) is 0 Å². The number of carbonyl (C=O) groups excluding carboxylic acids is 3. The van der Waals surface area contributed by atoms with Gasteiger partial charge in [-0.2, -0.15) is 0 Å². The minimum atomic E-state index is -0.809. The summed E-state index contributed by atoms with van der Waals surface area (Å²) < 4.78 is 16.7. The van der Waals surface area contributed by atoms with Gasteiger partial charge in [0.2, 0.25) is 0 Å². The molecule has 6 nitrogen and oxygen atoms in total. The normalized spacial score (nSPS) is 13.1. The van der Waals surface area contributed by atoms with Crippen LogP contribution in [-0.4, -0.2) is 37.2 Å². The Morgan fingerprint density at radius 3 is 1.03 bits per heavy atom. The molecule has 0 heterocycles. The lowest BCUT2D eigenvalue weighted by Gasteiger charge is -2.18. The summed E-state index contributed by atoms with van der Waals surface area (Å²) in [7, 11) is 0. The van der Waals surface area contributed by atoms with Crippen LogP contribution in [0.3, 0.4) is 0 Å². The number of rotatable bonds is 44. The topological polar surface area (TPSA) is 78.9 Å². The molecule has 0 radical (unpaired) electrons. The maximum absolute atomic E-state index is 12.8.